The minimum absolute atomic E-state index is 0.775. The zero-order valence-electron chi connectivity index (χ0n) is 10.4. The second kappa shape index (κ2) is 9.47. The molecule has 14 heavy (non-hydrogen) atoms. The minimum atomic E-state index is 0.775. The second-order valence-electron chi connectivity index (χ2n) is 4.29. The van der Waals surface area contributed by atoms with Crippen molar-refractivity contribution in [3.63, 3.8) is 0 Å². The van der Waals surface area contributed by atoms with Gasteiger partial charge in [0.25, 0.3) is 0 Å². The number of rotatable bonds is 9. The Bertz CT molecular complexity index is 115. The van der Waals surface area contributed by atoms with Crippen LogP contribution in [0.3, 0.4) is 0 Å². The molecule has 0 aromatic carbocycles. The summed E-state index contributed by atoms with van der Waals surface area (Å²) in [6.07, 6.45) is 5.22. The highest BCUT2D eigenvalue weighted by Gasteiger charge is 2.05. The highest BCUT2D eigenvalue weighted by atomic mass is 16.5. The predicted octanol–water partition coefficient (Wildman–Crippen LogP) is 2.78. The van der Waals surface area contributed by atoms with E-state index in [1.807, 2.05) is 0 Å². The first kappa shape index (κ1) is 13.9. The second-order valence-corrected chi connectivity index (χ2v) is 4.29. The van der Waals surface area contributed by atoms with E-state index in [2.05, 4.69) is 32.8 Å². The molecule has 0 radical (unpaired) electrons. The van der Waals surface area contributed by atoms with E-state index in [1.54, 1.807) is 0 Å². The van der Waals surface area contributed by atoms with Gasteiger partial charge in [-0.2, -0.15) is 0 Å². The summed E-state index contributed by atoms with van der Waals surface area (Å²) in [6, 6.07) is 0. The molecule has 0 N–H and O–H groups in total. The zero-order chi connectivity index (χ0) is 10.8. The van der Waals surface area contributed by atoms with Crippen LogP contribution in [0.1, 0.15) is 39.5 Å². The van der Waals surface area contributed by atoms with E-state index in [9.17, 15) is 0 Å². The molecule has 1 unspecified atom stereocenters. The van der Waals surface area contributed by atoms with Crippen LogP contribution < -0.4 is 0 Å². The van der Waals surface area contributed by atoms with Crippen molar-refractivity contribution in [2.24, 2.45) is 5.92 Å². The minimum Gasteiger partial charge on any atom is -0.380 e. The molecule has 0 amide bonds. The molecule has 0 aliphatic heterocycles. The Labute approximate surface area is 89.6 Å². The molecular weight excluding hydrogens is 174 g/mol. The van der Waals surface area contributed by atoms with E-state index in [1.165, 1.54) is 25.7 Å². The smallest absolute Gasteiger partial charge is 0.0593 e. The topological polar surface area (TPSA) is 12.5 Å². The lowest BCUT2D eigenvalue weighted by Gasteiger charge is -2.16. The van der Waals surface area contributed by atoms with Crippen LogP contribution in [0.4, 0.5) is 0 Å². The molecule has 1 atom stereocenters. The van der Waals surface area contributed by atoms with Gasteiger partial charge in [-0.15, -0.1) is 0 Å². The third-order valence-electron chi connectivity index (χ3n) is 2.58. The van der Waals surface area contributed by atoms with Crippen molar-refractivity contribution in [3.05, 3.63) is 0 Å². The van der Waals surface area contributed by atoms with Gasteiger partial charge in [0.2, 0.25) is 0 Å². The molecular formula is C12H27NO. The number of likely N-dealkylation sites (N-methyl/N-ethyl adjacent to an activating group) is 1. The van der Waals surface area contributed by atoms with Crippen LogP contribution in [-0.4, -0.2) is 38.8 Å². The van der Waals surface area contributed by atoms with Crippen molar-refractivity contribution in [3.8, 4) is 0 Å². The highest BCUT2D eigenvalue weighted by Crippen LogP contribution is 2.12. The Hall–Kier alpha value is -0.0800. The molecule has 86 valence electrons. The first-order valence-corrected chi connectivity index (χ1v) is 5.93. The third-order valence-corrected chi connectivity index (χ3v) is 2.58. The SMILES string of the molecule is CCCCC(CC)COCCN(C)C. The largest absolute Gasteiger partial charge is 0.380 e. The monoisotopic (exact) mass is 201 g/mol. The molecule has 2 nitrogen and oxygen atoms in total. The summed E-state index contributed by atoms with van der Waals surface area (Å²) in [5.74, 6) is 0.775. The Morgan fingerprint density at radius 3 is 2.43 bits per heavy atom. The van der Waals surface area contributed by atoms with Gasteiger partial charge in [-0.05, 0) is 26.4 Å². The molecule has 0 bridgehead atoms. The molecule has 0 aromatic heterocycles. The molecule has 0 saturated carbocycles. The normalized spacial score (nSPS) is 13.5. The molecule has 0 aliphatic rings. The van der Waals surface area contributed by atoms with Crippen LogP contribution in [0, 0.1) is 5.92 Å². The molecule has 0 aliphatic carbocycles. The fourth-order valence-electron chi connectivity index (χ4n) is 1.40. The summed E-state index contributed by atoms with van der Waals surface area (Å²) in [6.45, 7) is 7.36. The molecule has 0 fully saturated rings. The van der Waals surface area contributed by atoms with E-state index in [0.717, 1.165) is 25.7 Å². The van der Waals surface area contributed by atoms with Crippen molar-refractivity contribution in [1.82, 2.24) is 4.90 Å². The van der Waals surface area contributed by atoms with Gasteiger partial charge in [0.1, 0.15) is 0 Å². The summed E-state index contributed by atoms with van der Waals surface area (Å²) >= 11 is 0. The molecule has 0 aromatic rings. The Balaban J connectivity index is 3.33. The average Bonchev–Trinajstić information content (AvgIpc) is 2.16. The Morgan fingerprint density at radius 1 is 1.21 bits per heavy atom. The quantitative estimate of drug-likeness (QED) is 0.532. The maximum atomic E-state index is 5.65. The fourth-order valence-corrected chi connectivity index (χ4v) is 1.40. The third kappa shape index (κ3) is 8.52. The summed E-state index contributed by atoms with van der Waals surface area (Å²) in [4.78, 5) is 2.16. The van der Waals surface area contributed by atoms with Crippen molar-refractivity contribution >= 4 is 0 Å². The van der Waals surface area contributed by atoms with Crippen LogP contribution in [0.5, 0.6) is 0 Å². The van der Waals surface area contributed by atoms with Crippen LogP contribution in [0.2, 0.25) is 0 Å². The van der Waals surface area contributed by atoms with E-state index in [-0.39, 0.29) is 0 Å². The van der Waals surface area contributed by atoms with Gasteiger partial charge in [-0.3, -0.25) is 0 Å². The fraction of sp³-hybridized carbons (Fsp3) is 1.00. The lowest BCUT2D eigenvalue weighted by atomic mass is 10.0. The summed E-state index contributed by atoms with van der Waals surface area (Å²) < 4.78 is 5.65. The number of unbranched alkanes of at least 4 members (excludes halogenated alkanes) is 1. The molecule has 0 heterocycles. The number of hydrogen-bond donors (Lipinski definition) is 0. The van der Waals surface area contributed by atoms with Gasteiger partial charge in [0, 0.05) is 13.2 Å². The first-order chi connectivity index (χ1) is 6.70. The number of nitrogens with zero attached hydrogens (tertiary/aromatic N) is 1. The Morgan fingerprint density at radius 2 is 1.93 bits per heavy atom. The number of hydrogen-bond acceptors (Lipinski definition) is 2. The van der Waals surface area contributed by atoms with Gasteiger partial charge in [-0.1, -0.05) is 33.1 Å². The summed E-state index contributed by atoms with van der Waals surface area (Å²) in [5.41, 5.74) is 0. The molecule has 0 saturated heterocycles. The maximum absolute atomic E-state index is 5.65. The zero-order valence-corrected chi connectivity index (χ0v) is 10.4. The maximum Gasteiger partial charge on any atom is 0.0593 e. The Kier molecular flexibility index (Phi) is 9.42. The lowest BCUT2D eigenvalue weighted by molar-refractivity contribution is 0.0826. The first-order valence-electron chi connectivity index (χ1n) is 5.93. The molecule has 0 spiro atoms. The van der Waals surface area contributed by atoms with Gasteiger partial charge >= 0.3 is 0 Å². The van der Waals surface area contributed by atoms with Crippen LogP contribution in [0.15, 0.2) is 0 Å². The van der Waals surface area contributed by atoms with Crippen LogP contribution in [0.25, 0.3) is 0 Å². The van der Waals surface area contributed by atoms with E-state index in [0.29, 0.717) is 0 Å². The summed E-state index contributed by atoms with van der Waals surface area (Å²) in [5, 5.41) is 0. The lowest BCUT2D eigenvalue weighted by Crippen LogP contribution is -2.20. The van der Waals surface area contributed by atoms with Gasteiger partial charge in [0.05, 0.1) is 6.61 Å². The standard InChI is InChI=1S/C12H27NO/c1-5-7-8-12(6-2)11-14-10-9-13(3)4/h12H,5-11H2,1-4H3. The van der Waals surface area contributed by atoms with Crippen molar-refractivity contribution in [1.29, 1.82) is 0 Å². The van der Waals surface area contributed by atoms with Crippen LogP contribution >= 0.6 is 0 Å². The van der Waals surface area contributed by atoms with E-state index >= 15 is 0 Å². The van der Waals surface area contributed by atoms with Crippen molar-refractivity contribution < 1.29 is 4.74 Å². The van der Waals surface area contributed by atoms with Gasteiger partial charge in [0.15, 0.2) is 0 Å². The van der Waals surface area contributed by atoms with Gasteiger partial charge < -0.3 is 9.64 Å². The van der Waals surface area contributed by atoms with Crippen molar-refractivity contribution in [2.75, 3.05) is 33.9 Å². The highest BCUT2D eigenvalue weighted by molar-refractivity contribution is 4.56. The van der Waals surface area contributed by atoms with E-state index in [4.69, 9.17) is 4.74 Å². The predicted molar refractivity (Wildman–Crippen MR) is 62.7 cm³/mol. The van der Waals surface area contributed by atoms with Crippen LogP contribution in [-0.2, 0) is 4.74 Å². The van der Waals surface area contributed by atoms with Gasteiger partial charge in [-0.25, -0.2) is 0 Å². The number of ether oxygens (including phenoxy) is 1. The average molecular weight is 201 g/mol. The summed E-state index contributed by atoms with van der Waals surface area (Å²) in [7, 11) is 4.16. The van der Waals surface area contributed by atoms with E-state index < -0.39 is 0 Å². The molecule has 0 rings (SSSR count). The molecule has 2 heteroatoms. The van der Waals surface area contributed by atoms with Crippen molar-refractivity contribution in [2.45, 2.75) is 39.5 Å².